The lowest BCUT2D eigenvalue weighted by Crippen LogP contribution is -2.02. The molecular formula is C14H11N3O3. The summed E-state index contributed by atoms with van der Waals surface area (Å²) in [4.78, 5) is 15.2. The van der Waals surface area contributed by atoms with Gasteiger partial charge in [0.25, 0.3) is 0 Å². The molecule has 20 heavy (non-hydrogen) atoms. The van der Waals surface area contributed by atoms with Crippen molar-refractivity contribution in [3.8, 4) is 11.6 Å². The molecule has 0 spiro atoms. The number of aromatic carboxylic acids is 1. The molecule has 0 unspecified atom stereocenters. The predicted octanol–water partition coefficient (Wildman–Crippen LogP) is 2.46. The Labute approximate surface area is 114 Å². The molecule has 0 saturated carbocycles. The first-order valence-electron chi connectivity index (χ1n) is 5.93. The maximum atomic E-state index is 11.1. The third kappa shape index (κ3) is 2.18. The fraction of sp³-hybridized carbons (Fsp3) is 0.0714. The van der Waals surface area contributed by atoms with Gasteiger partial charge in [0.05, 0.1) is 12.4 Å². The highest BCUT2D eigenvalue weighted by Crippen LogP contribution is 2.28. The summed E-state index contributed by atoms with van der Waals surface area (Å²) in [5.74, 6) is -0.326. The first-order valence-corrected chi connectivity index (χ1v) is 5.93. The number of rotatable bonds is 3. The molecule has 0 fully saturated rings. The monoisotopic (exact) mass is 269 g/mol. The third-order valence-electron chi connectivity index (χ3n) is 2.82. The highest BCUT2D eigenvalue weighted by atomic mass is 16.5. The van der Waals surface area contributed by atoms with Gasteiger partial charge in [-0.15, -0.1) is 0 Å². The van der Waals surface area contributed by atoms with Crippen molar-refractivity contribution in [2.45, 2.75) is 0 Å². The van der Waals surface area contributed by atoms with Gasteiger partial charge < -0.3 is 9.84 Å². The van der Waals surface area contributed by atoms with E-state index in [2.05, 4.69) is 10.1 Å². The number of hydrogen-bond donors (Lipinski definition) is 1. The second kappa shape index (κ2) is 4.65. The second-order valence-electron chi connectivity index (χ2n) is 4.29. The van der Waals surface area contributed by atoms with E-state index in [1.165, 1.54) is 6.07 Å². The number of nitrogens with zero attached hydrogens (tertiary/aromatic N) is 3. The fourth-order valence-electron chi connectivity index (χ4n) is 1.92. The quantitative estimate of drug-likeness (QED) is 0.790. The van der Waals surface area contributed by atoms with E-state index in [4.69, 9.17) is 9.84 Å². The Bertz CT molecular complexity index is 795. The Hall–Kier alpha value is -2.89. The van der Waals surface area contributed by atoms with E-state index < -0.39 is 5.97 Å². The van der Waals surface area contributed by atoms with E-state index >= 15 is 0 Å². The molecule has 0 aliphatic rings. The number of carboxylic acid groups (broad SMARTS) is 1. The van der Waals surface area contributed by atoms with Gasteiger partial charge in [0.1, 0.15) is 0 Å². The molecule has 3 rings (SSSR count). The second-order valence-corrected chi connectivity index (χ2v) is 4.29. The topological polar surface area (TPSA) is 77.2 Å². The van der Waals surface area contributed by atoms with Gasteiger partial charge >= 0.3 is 5.97 Å². The molecule has 1 N–H and O–H groups in total. The number of hydrogen-bond acceptors (Lipinski definition) is 4. The van der Waals surface area contributed by atoms with Crippen molar-refractivity contribution >= 4 is 16.7 Å². The van der Waals surface area contributed by atoms with Crippen LogP contribution in [0.25, 0.3) is 10.8 Å². The molecule has 0 radical (unpaired) electrons. The van der Waals surface area contributed by atoms with Crippen LogP contribution in [0, 0.1) is 0 Å². The number of ether oxygens (including phenoxy) is 1. The van der Waals surface area contributed by atoms with Crippen LogP contribution in [0.2, 0.25) is 0 Å². The van der Waals surface area contributed by atoms with Crippen LogP contribution in [0.1, 0.15) is 10.5 Å². The van der Waals surface area contributed by atoms with E-state index in [1.54, 1.807) is 24.1 Å². The van der Waals surface area contributed by atoms with Gasteiger partial charge in [-0.05, 0) is 17.5 Å². The van der Waals surface area contributed by atoms with E-state index in [0.29, 0.717) is 5.75 Å². The molecule has 2 aromatic heterocycles. The summed E-state index contributed by atoms with van der Waals surface area (Å²) < 4.78 is 7.24. The van der Waals surface area contributed by atoms with Crippen LogP contribution >= 0.6 is 0 Å². The highest BCUT2D eigenvalue weighted by molar-refractivity contribution is 5.94. The van der Waals surface area contributed by atoms with Gasteiger partial charge in [0.2, 0.25) is 5.88 Å². The summed E-state index contributed by atoms with van der Waals surface area (Å²) in [6.07, 6.45) is 3.23. The molecular weight excluding hydrogens is 258 g/mol. The van der Waals surface area contributed by atoms with E-state index in [1.807, 2.05) is 24.3 Å². The fourth-order valence-corrected chi connectivity index (χ4v) is 1.92. The van der Waals surface area contributed by atoms with Crippen molar-refractivity contribution in [2.75, 3.05) is 0 Å². The molecule has 1 aromatic carbocycles. The summed E-state index contributed by atoms with van der Waals surface area (Å²) in [5.41, 5.74) is -0.0532. The molecule has 0 aliphatic carbocycles. The number of fused-ring (bicyclic) bond motifs is 1. The van der Waals surface area contributed by atoms with Crippen molar-refractivity contribution in [3.63, 3.8) is 0 Å². The number of aryl methyl sites for hydroxylation is 1. The first-order chi connectivity index (χ1) is 9.63. The zero-order chi connectivity index (χ0) is 14.1. The number of carboxylic acids is 1. The van der Waals surface area contributed by atoms with E-state index in [-0.39, 0.29) is 11.6 Å². The average Bonchev–Trinajstić information content (AvgIpc) is 2.84. The Morgan fingerprint density at radius 3 is 2.85 bits per heavy atom. The lowest BCUT2D eigenvalue weighted by atomic mass is 10.1. The SMILES string of the molecule is Cn1cc(Oc2nc(C(=O)O)cc3ccccc23)cn1. The van der Waals surface area contributed by atoms with Crippen molar-refractivity contribution < 1.29 is 14.6 Å². The molecule has 2 heterocycles. The molecule has 6 heteroatoms. The number of pyridine rings is 1. The Balaban J connectivity index is 2.14. The maximum absolute atomic E-state index is 11.1. The molecule has 100 valence electrons. The van der Waals surface area contributed by atoms with Gasteiger partial charge in [0, 0.05) is 12.4 Å². The highest BCUT2D eigenvalue weighted by Gasteiger charge is 2.12. The summed E-state index contributed by atoms with van der Waals surface area (Å²) in [7, 11) is 1.77. The Morgan fingerprint density at radius 1 is 1.35 bits per heavy atom. The Kier molecular flexibility index (Phi) is 2.83. The molecule has 0 atom stereocenters. The minimum Gasteiger partial charge on any atom is -0.477 e. The van der Waals surface area contributed by atoms with Crippen molar-refractivity contribution in [1.82, 2.24) is 14.8 Å². The van der Waals surface area contributed by atoms with Gasteiger partial charge in [-0.1, -0.05) is 18.2 Å². The maximum Gasteiger partial charge on any atom is 0.354 e. The van der Waals surface area contributed by atoms with E-state index in [0.717, 1.165) is 10.8 Å². The Morgan fingerprint density at radius 2 is 2.15 bits per heavy atom. The number of aromatic nitrogens is 3. The molecule has 0 aliphatic heterocycles. The summed E-state index contributed by atoms with van der Waals surface area (Å²) in [6, 6.07) is 8.86. The van der Waals surface area contributed by atoms with Crippen LogP contribution in [-0.2, 0) is 7.05 Å². The van der Waals surface area contributed by atoms with Crippen LogP contribution in [0.5, 0.6) is 11.6 Å². The zero-order valence-corrected chi connectivity index (χ0v) is 10.6. The summed E-state index contributed by atoms with van der Waals surface area (Å²) in [5, 5.41) is 14.6. The average molecular weight is 269 g/mol. The van der Waals surface area contributed by atoms with Crippen LogP contribution < -0.4 is 4.74 Å². The first kappa shape index (κ1) is 12.2. The minimum atomic E-state index is -1.09. The molecule has 6 nitrogen and oxygen atoms in total. The van der Waals surface area contributed by atoms with Crippen LogP contribution in [0.15, 0.2) is 42.7 Å². The number of benzene rings is 1. The normalized spacial score (nSPS) is 10.7. The standard InChI is InChI=1S/C14H11N3O3/c1-17-8-10(7-15-17)20-13-11-5-3-2-4-9(11)6-12(16-13)14(18)19/h2-8H,1H3,(H,18,19). The molecule has 3 aromatic rings. The van der Waals surface area contributed by atoms with Crippen LogP contribution in [-0.4, -0.2) is 25.8 Å². The van der Waals surface area contributed by atoms with Crippen molar-refractivity contribution in [1.29, 1.82) is 0 Å². The minimum absolute atomic E-state index is 0.0532. The third-order valence-corrected chi connectivity index (χ3v) is 2.82. The van der Waals surface area contributed by atoms with Crippen LogP contribution in [0.4, 0.5) is 0 Å². The summed E-state index contributed by atoms with van der Waals surface area (Å²) >= 11 is 0. The van der Waals surface area contributed by atoms with Gasteiger partial charge in [-0.3, -0.25) is 4.68 Å². The lowest BCUT2D eigenvalue weighted by Gasteiger charge is -2.07. The smallest absolute Gasteiger partial charge is 0.354 e. The number of carbonyl (C=O) groups is 1. The van der Waals surface area contributed by atoms with Crippen LogP contribution in [0.3, 0.4) is 0 Å². The molecule has 0 bridgehead atoms. The largest absolute Gasteiger partial charge is 0.477 e. The van der Waals surface area contributed by atoms with Crippen molar-refractivity contribution in [3.05, 3.63) is 48.4 Å². The van der Waals surface area contributed by atoms with E-state index in [9.17, 15) is 4.79 Å². The summed E-state index contributed by atoms with van der Waals surface area (Å²) in [6.45, 7) is 0. The predicted molar refractivity (Wildman–Crippen MR) is 72.0 cm³/mol. The zero-order valence-electron chi connectivity index (χ0n) is 10.6. The molecule has 0 saturated heterocycles. The lowest BCUT2D eigenvalue weighted by molar-refractivity contribution is 0.0690. The van der Waals surface area contributed by atoms with Gasteiger partial charge in [0.15, 0.2) is 11.4 Å². The van der Waals surface area contributed by atoms with Gasteiger partial charge in [-0.25, -0.2) is 9.78 Å². The van der Waals surface area contributed by atoms with Gasteiger partial charge in [-0.2, -0.15) is 5.10 Å². The van der Waals surface area contributed by atoms with Crippen molar-refractivity contribution in [2.24, 2.45) is 7.05 Å². The molecule has 0 amide bonds.